The molecule has 8 aromatic carbocycles. The molecule has 0 spiro atoms. The molecule has 11 rings (SSSR count). The predicted octanol–water partition coefficient (Wildman–Crippen LogP) is 14.2. The van der Waals surface area contributed by atoms with Gasteiger partial charge in [0.1, 0.15) is 0 Å². The number of likely N-dealkylation sites (tertiary alicyclic amines) is 2. The van der Waals surface area contributed by atoms with Gasteiger partial charge in [0, 0.05) is 74.6 Å². The lowest BCUT2D eigenvalue weighted by atomic mass is 9.83. The van der Waals surface area contributed by atoms with Crippen LogP contribution in [-0.4, -0.2) is 95.3 Å². The first-order chi connectivity index (χ1) is 41.7. The van der Waals surface area contributed by atoms with Crippen molar-refractivity contribution in [1.82, 2.24) is 29.2 Å². The molecule has 0 saturated carbocycles. The standard InChI is InChI=1S/C36H38N4O3.C36H39N3O3/c41-35-37-31-21-10-11-22-33(31)40(35)32-23-24-39(36(42)43)34(30(32)20-12-19-27-13-4-1-5-14-27)38(25-28-15-6-2-7-16-28)26-29-17-8-3-9-18-29;40-35(31-18-9-3-10-19-31)39(32-20-11-4-12-21-32)34-23-25-38(36(41)42)33(26-34)22-13-24-37(27-29-14-5-1-6-15-29)28-30-16-7-2-8-17-30/h1-11,13-18,21-22,30,32,34H,12,19-20,23-26H2,(H,37,41)(H,42,43);1-12,14-21,33-34H,13,22-28H2,(H,41,42)/t30?,32?,34-;33-,34?/m00/s1. The Bertz CT molecular complexity index is 3470. The number of aromatic amines is 1. The van der Waals surface area contributed by atoms with Gasteiger partial charge >= 0.3 is 17.9 Å². The molecule has 5 atom stereocenters. The van der Waals surface area contributed by atoms with Gasteiger partial charge in [-0.15, -0.1) is 0 Å². The minimum absolute atomic E-state index is 0.0498. The zero-order valence-electron chi connectivity index (χ0n) is 48.2. The van der Waals surface area contributed by atoms with E-state index < -0.39 is 18.4 Å². The maximum Gasteiger partial charge on any atom is 0.408 e. The maximum atomic E-state index is 13.8. The van der Waals surface area contributed by atoms with Crippen LogP contribution in [0.5, 0.6) is 0 Å². The molecule has 0 bridgehead atoms. The van der Waals surface area contributed by atoms with Gasteiger partial charge in [-0.1, -0.05) is 200 Å². The van der Waals surface area contributed by atoms with E-state index in [0.29, 0.717) is 51.0 Å². The number of nitrogens with one attached hydrogen (secondary N) is 1. The summed E-state index contributed by atoms with van der Waals surface area (Å²) in [6, 6.07) is 78.3. The number of fused-ring (bicyclic) bond motifs is 1. The number of nitrogens with zero attached hydrogens (tertiary/aromatic N) is 6. The van der Waals surface area contributed by atoms with Crippen molar-refractivity contribution in [3.05, 3.63) is 280 Å². The number of H-pyrrole nitrogens is 1. The van der Waals surface area contributed by atoms with E-state index >= 15 is 0 Å². The number of carbonyl (C=O) groups excluding carboxylic acids is 1. The molecule has 9 aromatic rings. The summed E-state index contributed by atoms with van der Waals surface area (Å²) < 4.78 is 1.90. The third kappa shape index (κ3) is 15.6. The third-order valence-electron chi connectivity index (χ3n) is 16.8. The van der Waals surface area contributed by atoms with Crippen LogP contribution in [0.15, 0.2) is 241 Å². The van der Waals surface area contributed by atoms with Gasteiger partial charge in [-0.2, -0.15) is 0 Å². The normalized spacial score (nSPS) is 17.7. The maximum absolute atomic E-state index is 13.8. The molecular formula is C72H77N7O6. The van der Waals surface area contributed by atoms with E-state index in [-0.39, 0.29) is 35.6 Å². The molecule has 13 nitrogen and oxygen atoms in total. The number of carbonyl (C=O) groups is 3. The molecule has 2 aliphatic rings. The number of imidazole rings is 1. The van der Waals surface area contributed by atoms with E-state index in [4.69, 9.17) is 0 Å². The summed E-state index contributed by atoms with van der Waals surface area (Å²) in [5.41, 5.74) is 9.04. The first kappa shape index (κ1) is 59.1. The molecule has 3 amide bonds. The Hall–Kier alpha value is -9.04. The number of aromatic nitrogens is 2. The van der Waals surface area contributed by atoms with Gasteiger partial charge < -0.3 is 25.0 Å². The third-order valence-corrected chi connectivity index (χ3v) is 16.8. The molecule has 436 valence electrons. The van der Waals surface area contributed by atoms with Crippen molar-refractivity contribution >= 4 is 34.8 Å². The number of rotatable bonds is 21. The largest absolute Gasteiger partial charge is 0.465 e. The fourth-order valence-electron chi connectivity index (χ4n) is 12.9. The number of anilines is 1. The molecule has 2 fully saturated rings. The highest BCUT2D eigenvalue weighted by atomic mass is 16.4. The predicted molar refractivity (Wildman–Crippen MR) is 337 cm³/mol. The number of hydrogen-bond donors (Lipinski definition) is 3. The van der Waals surface area contributed by atoms with Gasteiger partial charge in [0.05, 0.1) is 17.2 Å². The first-order valence-corrected chi connectivity index (χ1v) is 29.9. The molecule has 0 aliphatic carbocycles. The average molecular weight is 1140 g/mol. The second kappa shape index (κ2) is 29.5. The minimum Gasteiger partial charge on any atom is -0.465 e. The fraction of sp³-hybridized carbons (Fsp3) is 0.278. The average Bonchev–Trinajstić information content (AvgIpc) is 3.60. The topological polar surface area (TPSA) is 146 Å². The van der Waals surface area contributed by atoms with Crippen molar-refractivity contribution in [3.8, 4) is 0 Å². The summed E-state index contributed by atoms with van der Waals surface area (Å²) in [4.78, 5) is 65.4. The number of aryl methyl sites for hydroxylation is 1. The van der Waals surface area contributed by atoms with Gasteiger partial charge in [0.15, 0.2) is 0 Å². The zero-order chi connectivity index (χ0) is 58.7. The van der Waals surface area contributed by atoms with E-state index in [1.807, 2.05) is 149 Å². The molecule has 3 N–H and O–H groups in total. The Morgan fingerprint density at radius 3 is 1.52 bits per heavy atom. The number of para-hydroxylation sites is 3. The molecule has 3 unspecified atom stereocenters. The van der Waals surface area contributed by atoms with Crippen LogP contribution >= 0.6 is 0 Å². The van der Waals surface area contributed by atoms with Crippen LogP contribution in [0.1, 0.15) is 89.2 Å². The van der Waals surface area contributed by atoms with Crippen LogP contribution in [0.25, 0.3) is 11.0 Å². The lowest BCUT2D eigenvalue weighted by molar-refractivity contribution is -0.0491. The first-order valence-electron chi connectivity index (χ1n) is 29.9. The van der Waals surface area contributed by atoms with E-state index in [0.717, 1.165) is 79.6 Å². The van der Waals surface area contributed by atoms with Crippen molar-refractivity contribution in [3.63, 3.8) is 0 Å². The van der Waals surface area contributed by atoms with Crippen LogP contribution in [0, 0.1) is 5.92 Å². The molecule has 3 heterocycles. The van der Waals surface area contributed by atoms with Crippen molar-refractivity contribution in [1.29, 1.82) is 0 Å². The number of hydrogen-bond acceptors (Lipinski definition) is 6. The second-order valence-corrected chi connectivity index (χ2v) is 22.5. The highest BCUT2D eigenvalue weighted by Gasteiger charge is 2.45. The number of piperidine rings is 2. The summed E-state index contributed by atoms with van der Waals surface area (Å²) in [6.45, 7) is 4.46. The summed E-state index contributed by atoms with van der Waals surface area (Å²) in [7, 11) is 0. The van der Waals surface area contributed by atoms with Crippen LogP contribution in [0.4, 0.5) is 15.3 Å². The van der Waals surface area contributed by atoms with Crippen molar-refractivity contribution in [2.45, 2.75) is 102 Å². The molecule has 1 aromatic heterocycles. The van der Waals surface area contributed by atoms with Crippen LogP contribution in [0.2, 0.25) is 0 Å². The van der Waals surface area contributed by atoms with Crippen molar-refractivity contribution in [2.75, 3.05) is 24.5 Å². The highest BCUT2D eigenvalue weighted by molar-refractivity contribution is 6.06. The summed E-state index contributed by atoms with van der Waals surface area (Å²) in [5.74, 6) is -0.163. The van der Waals surface area contributed by atoms with E-state index in [1.54, 1.807) is 9.80 Å². The van der Waals surface area contributed by atoms with E-state index in [1.165, 1.54) is 16.7 Å². The van der Waals surface area contributed by atoms with E-state index in [2.05, 4.69) is 112 Å². The summed E-state index contributed by atoms with van der Waals surface area (Å²) >= 11 is 0. The Labute approximate surface area is 499 Å². The van der Waals surface area contributed by atoms with Gasteiger partial charge in [0.25, 0.3) is 5.91 Å². The minimum atomic E-state index is -0.922. The molecule has 0 radical (unpaired) electrons. The van der Waals surface area contributed by atoms with Crippen LogP contribution in [0.3, 0.4) is 0 Å². The van der Waals surface area contributed by atoms with Gasteiger partial charge in [-0.25, -0.2) is 14.4 Å². The molecular weight excluding hydrogens is 1060 g/mol. The summed E-state index contributed by atoms with van der Waals surface area (Å²) in [6.07, 6.45) is 3.71. The fourth-order valence-corrected chi connectivity index (χ4v) is 12.9. The Morgan fingerprint density at radius 1 is 0.506 bits per heavy atom. The quantitative estimate of drug-likeness (QED) is 0.0645. The lowest BCUT2D eigenvalue weighted by Crippen LogP contribution is -2.59. The molecule has 85 heavy (non-hydrogen) atoms. The second-order valence-electron chi connectivity index (χ2n) is 22.5. The molecule has 13 heteroatoms. The Morgan fingerprint density at radius 2 is 0.976 bits per heavy atom. The van der Waals surface area contributed by atoms with Crippen molar-refractivity contribution < 1.29 is 24.6 Å². The lowest BCUT2D eigenvalue weighted by Gasteiger charge is -2.49. The van der Waals surface area contributed by atoms with E-state index in [9.17, 15) is 29.4 Å². The number of amides is 3. The Balaban J connectivity index is 0.000000189. The van der Waals surface area contributed by atoms with Gasteiger partial charge in [-0.3, -0.25) is 24.1 Å². The van der Waals surface area contributed by atoms with Crippen molar-refractivity contribution in [2.24, 2.45) is 5.92 Å². The highest BCUT2D eigenvalue weighted by Crippen LogP contribution is 2.40. The SMILES string of the molecule is O=C(O)N1CCC(n2c(=O)[nH]c3ccccc32)C(CCCc2ccccc2)[C@H]1N(Cc1ccccc1)Cc1ccccc1.O=C(c1ccccc1)N(c1ccccc1)C1CCN(C(=O)O)[C@@H](CCCN(Cc2ccccc2)Cc2ccccc2)C1. The van der Waals surface area contributed by atoms with Crippen LogP contribution < -0.4 is 10.6 Å². The number of benzene rings is 8. The smallest absolute Gasteiger partial charge is 0.408 e. The van der Waals surface area contributed by atoms with Crippen LogP contribution in [-0.2, 0) is 32.6 Å². The van der Waals surface area contributed by atoms with Gasteiger partial charge in [-0.05, 0) is 122 Å². The monoisotopic (exact) mass is 1140 g/mol. The zero-order valence-corrected chi connectivity index (χ0v) is 48.2. The Kier molecular flexibility index (Phi) is 20.5. The van der Waals surface area contributed by atoms with Gasteiger partial charge in [0.2, 0.25) is 0 Å². The molecule has 2 aliphatic heterocycles. The molecule has 2 saturated heterocycles. The number of carboxylic acid groups (broad SMARTS) is 2. The summed E-state index contributed by atoms with van der Waals surface area (Å²) in [5, 5.41) is 20.6.